The van der Waals surface area contributed by atoms with Crippen molar-refractivity contribution in [3.63, 3.8) is 0 Å². The number of rotatable bonds is 7. The molecule has 0 aliphatic heterocycles. The second-order valence-corrected chi connectivity index (χ2v) is 8.61. The van der Waals surface area contributed by atoms with E-state index in [2.05, 4.69) is 17.0 Å². The Morgan fingerprint density at radius 1 is 1.29 bits per heavy atom. The van der Waals surface area contributed by atoms with Crippen LogP contribution >= 0.6 is 0 Å². The van der Waals surface area contributed by atoms with E-state index in [1.807, 2.05) is 12.1 Å². The molecule has 2 rings (SSSR count). The summed E-state index contributed by atoms with van der Waals surface area (Å²) < 4.78 is 24.0. The zero-order chi connectivity index (χ0) is 15.5. The largest absolute Gasteiger partial charge is 0.395 e. The first-order valence-corrected chi connectivity index (χ1v) is 9.31. The van der Waals surface area contributed by atoms with Crippen LogP contribution in [0.1, 0.15) is 37.4 Å². The predicted octanol–water partition coefficient (Wildman–Crippen LogP) is 1.79. The molecule has 1 aromatic rings. The molecular weight excluding hydrogens is 286 g/mol. The summed E-state index contributed by atoms with van der Waals surface area (Å²) in [5.41, 5.74) is 2.63. The number of nitrogens with zero attached hydrogens (tertiary/aromatic N) is 1. The zero-order valence-electron chi connectivity index (χ0n) is 12.8. The number of aliphatic hydroxyl groups is 1. The maximum absolute atomic E-state index is 12.0. The lowest BCUT2D eigenvalue weighted by Gasteiger charge is -2.29. The summed E-state index contributed by atoms with van der Waals surface area (Å²) in [6, 6.07) is 8.56. The van der Waals surface area contributed by atoms with Crippen molar-refractivity contribution in [2.24, 2.45) is 0 Å². The van der Waals surface area contributed by atoms with Crippen LogP contribution < -0.4 is 0 Å². The number of hydrogen-bond acceptors (Lipinski definition) is 4. The van der Waals surface area contributed by atoms with E-state index in [4.69, 9.17) is 0 Å². The quantitative estimate of drug-likeness (QED) is 0.834. The number of aliphatic hydroxyl groups excluding tert-OH is 1. The van der Waals surface area contributed by atoms with Crippen molar-refractivity contribution in [3.05, 3.63) is 35.4 Å². The third-order valence-electron chi connectivity index (χ3n) is 4.31. The third kappa shape index (κ3) is 3.84. The van der Waals surface area contributed by atoms with E-state index in [-0.39, 0.29) is 23.7 Å². The first kappa shape index (κ1) is 16.5. The lowest BCUT2D eigenvalue weighted by molar-refractivity contribution is 0.157. The summed E-state index contributed by atoms with van der Waals surface area (Å²) in [4.78, 5) is 2.12. The maximum Gasteiger partial charge on any atom is 0.153 e. The molecule has 0 saturated carbocycles. The summed E-state index contributed by atoms with van der Waals surface area (Å²) in [6.45, 7) is 4.50. The van der Waals surface area contributed by atoms with Crippen LogP contribution in [0.15, 0.2) is 24.3 Å². The minimum atomic E-state index is -3.04. The van der Waals surface area contributed by atoms with Gasteiger partial charge in [0.25, 0.3) is 0 Å². The number of aryl methyl sites for hydroxylation is 1. The highest BCUT2D eigenvalue weighted by atomic mass is 32.2. The fraction of sp³-hybridized carbons (Fsp3) is 0.625. The lowest BCUT2D eigenvalue weighted by Crippen LogP contribution is -2.36. The molecule has 1 aromatic carbocycles. The van der Waals surface area contributed by atoms with Crippen molar-refractivity contribution < 1.29 is 13.5 Å². The molecule has 0 spiro atoms. The number of hydrogen-bond donors (Lipinski definition) is 1. The zero-order valence-corrected chi connectivity index (χ0v) is 13.6. The lowest BCUT2D eigenvalue weighted by atomic mass is 10.1. The van der Waals surface area contributed by atoms with Gasteiger partial charge >= 0.3 is 0 Å². The summed E-state index contributed by atoms with van der Waals surface area (Å²) in [5.74, 6) is 0.156. The van der Waals surface area contributed by atoms with Crippen molar-refractivity contribution in [2.75, 3.05) is 25.4 Å². The Hall–Kier alpha value is -0.910. The molecular formula is C16H25NO3S. The van der Waals surface area contributed by atoms with Gasteiger partial charge < -0.3 is 5.11 Å². The van der Waals surface area contributed by atoms with Crippen LogP contribution in [0.4, 0.5) is 0 Å². The Balaban J connectivity index is 2.10. The highest BCUT2D eigenvalue weighted by molar-refractivity contribution is 7.92. The van der Waals surface area contributed by atoms with E-state index in [0.29, 0.717) is 13.1 Å². The van der Waals surface area contributed by atoms with Crippen molar-refractivity contribution in [1.82, 2.24) is 4.90 Å². The second kappa shape index (κ2) is 6.90. The van der Waals surface area contributed by atoms with Gasteiger partial charge in [0, 0.05) is 19.1 Å². The molecule has 0 radical (unpaired) electrons. The minimum absolute atomic E-state index is 0.0559. The van der Waals surface area contributed by atoms with Gasteiger partial charge in [-0.15, -0.1) is 0 Å². The molecule has 0 aromatic heterocycles. The van der Waals surface area contributed by atoms with Crippen molar-refractivity contribution in [3.8, 4) is 0 Å². The fourth-order valence-electron chi connectivity index (χ4n) is 2.95. The first-order valence-electron chi connectivity index (χ1n) is 7.60. The molecule has 118 valence electrons. The van der Waals surface area contributed by atoms with Gasteiger partial charge in [-0.3, -0.25) is 4.90 Å². The van der Waals surface area contributed by atoms with Crippen LogP contribution in [-0.4, -0.2) is 49.1 Å². The van der Waals surface area contributed by atoms with E-state index in [9.17, 15) is 13.5 Å². The predicted molar refractivity (Wildman–Crippen MR) is 85.1 cm³/mol. The van der Waals surface area contributed by atoms with E-state index in [1.165, 1.54) is 11.1 Å². The van der Waals surface area contributed by atoms with Gasteiger partial charge in [-0.1, -0.05) is 24.3 Å². The Morgan fingerprint density at radius 2 is 2.00 bits per heavy atom. The summed E-state index contributed by atoms with van der Waals surface area (Å²) >= 11 is 0. The van der Waals surface area contributed by atoms with Gasteiger partial charge in [-0.2, -0.15) is 0 Å². The summed E-state index contributed by atoms with van der Waals surface area (Å²) in [6.07, 6.45) is 2.03. The standard InChI is InChI=1S/C16H25NO3S/c1-13(2)21(19,20)12-10-17(9-11-18)16-8-7-14-5-3-4-6-15(14)16/h3-6,13,16,18H,7-12H2,1-2H3. The SMILES string of the molecule is CC(C)S(=O)(=O)CCN(CCO)C1CCc2ccccc21. The molecule has 1 unspecified atom stereocenters. The van der Waals surface area contributed by atoms with Gasteiger partial charge in [0.2, 0.25) is 0 Å². The van der Waals surface area contributed by atoms with E-state index in [0.717, 1.165) is 12.8 Å². The Kier molecular flexibility index (Phi) is 5.41. The Bertz CT molecular complexity index is 569. The molecule has 1 atom stereocenters. The van der Waals surface area contributed by atoms with Crippen LogP contribution in [0.3, 0.4) is 0 Å². The summed E-state index contributed by atoms with van der Waals surface area (Å²) in [7, 11) is -3.04. The second-order valence-electron chi connectivity index (χ2n) is 5.93. The van der Waals surface area contributed by atoms with Gasteiger partial charge in [-0.05, 0) is 37.8 Å². The third-order valence-corrected chi connectivity index (χ3v) is 6.50. The number of benzene rings is 1. The number of fused-ring (bicyclic) bond motifs is 1. The van der Waals surface area contributed by atoms with Crippen LogP contribution in [-0.2, 0) is 16.3 Å². The average molecular weight is 311 g/mol. The molecule has 1 aliphatic rings. The molecule has 5 heteroatoms. The Morgan fingerprint density at radius 3 is 2.67 bits per heavy atom. The molecule has 0 heterocycles. The van der Waals surface area contributed by atoms with Gasteiger partial charge in [0.05, 0.1) is 17.6 Å². The van der Waals surface area contributed by atoms with Crippen molar-refractivity contribution in [1.29, 1.82) is 0 Å². The van der Waals surface area contributed by atoms with E-state index >= 15 is 0 Å². The monoisotopic (exact) mass is 311 g/mol. The fourth-order valence-corrected chi connectivity index (χ4v) is 3.91. The van der Waals surface area contributed by atoms with Gasteiger partial charge in [0.15, 0.2) is 9.84 Å². The molecule has 21 heavy (non-hydrogen) atoms. The molecule has 4 nitrogen and oxygen atoms in total. The normalized spacial score (nSPS) is 18.4. The minimum Gasteiger partial charge on any atom is -0.395 e. The first-order chi connectivity index (χ1) is 9.95. The van der Waals surface area contributed by atoms with Gasteiger partial charge in [0.1, 0.15) is 0 Å². The van der Waals surface area contributed by atoms with Crippen LogP contribution in [0.25, 0.3) is 0 Å². The molecule has 1 N–H and O–H groups in total. The number of sulfone groups is 1. The van der Waals surface area contributed by atoms with E-state index < -0.39 is 9.84 Å². The molecule has 0 amide bonds. The molecule has 0 fully saturated rings. The Labute approximate surface area is 127 Å². The topological polar surface area (TPSA) is 57.6 Å². The van der Waals surface area contributed by atoms with E-state index in [1.54, 1.807) is 13.8 Å². The van der Waals surface area contributed by atoms with Crippen molar-refractivity contribution in [2.45, 2.75) is 38.0 Å². The molecule has 0 saturated heterocycles. The van der Waals surface area contributed by atoms with Crippen LogP contribution in [0.5, 0.6) is 0 Å². The molecule has 1 aliphatic carbocycles. The van der Waals surface area contributed by atoms with Crippen LogP contribution in [0, 0.1) is 0 Å². The average Bonchev–Trinajstić information content (AvgIpc) is 2.87. The maximum atomic E-state index is 12.0. The van der Waals surface area contributed by atoms with Crippen molar-refractivity contribution >= 4 is 9.84 Å². The highest BCUT2D eigenvalue weighted by Gasteiger charge is 2.28. The highest BCUT2D eigenvalue weighted by Crippen LogP contribution is 2.35. The summed E-state index contributed by atoms with van der Waals surface area (Å²) in [5, 5.41) is 8.95. The smallest absolute Gasteiger partial charge is 0.153 e. The molecule has 0 bridgehead atoms. The van der Waals surface area contributed by atoms with Crippen LogP contribution in [0.2, 0.25) is 0 Å². The van der Waals surface area contributed by atoms with Gasteiger partial charge in [-0.25, -0.2) is 8.42 Å².